The number of anilines is 2. The van der Waals surface area contributed by atoms with Crippen molar-refractivity contribution in [3.63, 3.8) is 0 Å². The zero-order valence-corrected chi connectivity index (χ0v) is 18.9. The van der Waals surface area contributed by atoms with Crippen molar-refractivity contribution < 1.29 is 13.2 Å². The van der Waals surface area contributed by atoms with Gasteiger partial charge in [-0.2, -0.15) is 0 Å². The van der Waals surface area contributed by atoms with E-state index in [-0.39, 0.29) is 38.6 Å². The number of ketones is 1. The number of sulfonamides is 1. The number of rotatable bonds is 6. The summed E-state index contributed by atoms with van der Waals surface area (Å²) in [4.78, 5) is 21.8. The number of hydrogen-bond acceptors (Lipinski definition) is 6. The van der Waals surface area contributed by atoms with Gasteiger partial charge in [0.05, 0.1) is 26.6 Å². The summed E-state index contributed by atoms with van der Waals surface area (Å²) < 4.78 is 29.7. The molecule has 4 aromatic rings. The van der Waals surface area contributed by atoms with Gasteiger partial charge in [-0.3, -0.25) is 9.52 Å². The molecule has 0 amide bonds. The largest absolute Gasteiger partial charge is 0.383 e. The van der Waals surface area contributed by atoms with Crippen LogP contribution in [0.5, 0.6) is 0 Å². The smallest absolute Gasteiger partial charge is 0.261 e. The van der Waals surface area contributed by atoms with Gasteiger partial charge in [-0.05, 0) is 38.1 Å². The van der Waals surface area contributed by atoms with Crippen LogP contribution in [0, 0.1) is 0 Å². The molecule has 8 nitrogen and oxygen atoms in total. The minimum Gasteiger partial charge on any atom is -0.383 e. The van der Waals surface area contributed by atoms with Gasteiger partial charge in [0.25, 0.3) is 10.0 Å². The predicted octanol–water partition coefficient (Wildman–Crippen LogP) is 4.28. The number of nitrogens with two attached hydrogens (primary N) is 1. The topological polar surface area (TPSA) is 120 Å². The lowest BCUT2D eigenvalue weighted by atomic mass is 10.0. The number of halogens is 1. The van der Waals surface area contributed by atoms with Crippen LogP contribution in [-0.2, 0) is 10.0 Å². The van der Waals surface area contributed by atoms with Gasteiger partial charge < -0.3 is 10.3 Å². The van der Waals surface area contributed by atoms with Gasteiger partial charge in [-0.1, -0.05) is 35.9 Å². The first kappa shape index (κ1) is 21.8. The number of nitrogens with zero attached hydrogens (tertiary/aromatic N) is 3. The number of aromatic nitrogens is 3. The van der Waals surface area contributed by atoms with Gasteiger partial charge in [0.2, 0.25) is 0 Å². The highest BCUT2D eigenvalue weighted by molar-refractivity contribution is 7.92. The standard InChI is InChI=1S/C22H20ClN5O3S/c1-13(2)28-11-16(18-21(24)25-12-26-22(18)28)20(29)15-9-6-10-17(19(15)23)27-32(30,31)14-7-4-3-5-8-14/h3-13,27H,1-2H3,(H2,24,25,26). The summed E-state index contributed by atoms with van der Waals surface area (Å²) in [6, 6.07) is 12.5. The van der Waals surface area contributed by atoms with E-state index in [4.69, 9.17) is 17.3 Å². The molecule has 0 unspecified atom stereocenters. The van der Waals surface area contributed by atoms with Crippen molar-refractivity contribution in [1.29, 1.82) is 0 Å². The first-order valence-electron chi connectivity index (χ1n) is 9.73. The SMILES string of the molecule is CC(C)n1cc(C(=O)c2cccc(NS(=O)(=O)c3ccccc3)c2Cl)c2c(N)ncnc21. The summed E-state index contributed by atoms with van der Waals surface area (Å²) >= 11 is 6.49. The molecule has 4 rings (SSSR count). The highest BCUT2D eigenvalue weighted by Crippen LogP contribution is 2.33. The van der Waals surface area contributed by atoms with Crippen LogP contribution in [0.25, 0.3) is 11.0 Å². The molecule has 10 heteroatoms. The van der Waals surface area contributed by atoms with Crippen molar-refractivity contribution >= 4 is 49.9 Å². The van der Waals surface area contributed by atoms with Gasteiger partial charge in [0, 0.05) is 17.8 Å². The molecule has 0 radical (unpaired) electrons. The maximum Gasteiger partial charge on any atom is 0.261 e. The monoisotopic (exact) mass is 469 g/mol. The van der Waals surface area contributed by atoms with Gasteiger partial charge in [-0.25, -0.2) is 18.4 Å². The average Bonchev–Trinajstić information content (AvgIpc) is 3.17. The molecule has 0 saturated carbocycles. The van der Waals surface area contributed by atoms with E-state index in [9.17, 15) is 13.2 Å². The number of hydrogen-bond donors (Lipinski definition) is 2. The molecule has 0 bridgehead atoms. The van der Waals surface area contributed by atoms with Crippen LogP contribution < -0.4 is 10.5 Å². The minimum atomic E-state index is -3.88. The van der Waals surface area contributed by atoms with Crippen LogP contribution in [0.3, 0.4) is 0 Å². The summed E-state index contributed by atoms with van der Waals surface area (Å²) in [5.74, 6) is -0.239. The molecule has 0 aliphatic heterocycles. The van der Waals surface area contributed by atoms with E-state index in [2.05, 4.69) is 14.7 Å². The van der Waals surface area contributed by atoms with E-state index in [1.54, 1.807) is 30.5 Å². The first-order chi connectivity index (χ1) is 15.2. The molecule has 0 spiro atoms. The van der Waals surface area contributed by atoms with Crippen molar-refractivity contribution in [2.75, 3.05) is 10.5 Å². The van der Waals surface area contributed by atoms with Crippen LogP contribution in [0.4, 0.5) is 11.5 Å². The fraction of sp³-hybridized carbons (Fsp3) is 0.136. The van der Waals surface area contributed by atoms with Crippen molar-refractivity contribution in [1.82, 2.24) is 14.5 Å². The Bertz CT molecular complexity index is 1430. The van der Waals surface area contributed by atoms with Crippen LogP contribution in [-0.4, -0.2) is 28.7 Å². The van der Waals surface area contributed by atoms with Gasteiger partial charge in [-0.15, -0.1) is 0 Å². The number of nitrogens with one attached hydrogen (secondary N) is 1. The van der Waals surface area contributed by atoms with E-state index in [0.29, 0.717) is 11.0 Å². The lowest BCUT2D eigenvalue weighted by Gasteiger charge is -2.12. The number of carbonyl (C=O) groups excluding carboxylic acids is 1. The summed E-state index contributed by atoms with van der Waals surface area (Å²) in [5.41, 5.74) is 7.11. The molecule has 0 atom stereocenters. The molecule has 2 aromatic carbocycles. The Morgan fingerprint density at radius 2 is 1.78 bits per heavy atom. The van der Waals surface area contributed by atoms with Crippen molar-refractivity contribution in [3.05, 3.63) is 77.2 Å². The molecule has 32 heavy (non-hydrogen) atoms. The highest BCUT2D eigenvalue weighted by atomic mass is 35.5. The Hall–Kier alpha value is -3.43. The van der Waals surface area contributed by atoms with E-state index in [1.807, 2.05) is 18.4 Å². The van der Waals surface area contributed by atoms with Gasteiger partial charge in [0.15, 0.2) is 5.78 Å². The Labute approximate surface area is 190 Å². The predicted molar refractivity (Wildman–Crippen MR) is 124 cm³/mol. The number of carbonyl (C=O) groups is 1. The van der Waals surface area contributed by atoms with E-state index >= 15 is 0 Å². The fourth-order valence-electron chi connectivity index (χ4n) is 3.41. The van der Waals surface area contributed by atoms with Crippen LogP contribution >= 0.6 is 11.6 Å². The molecule has 2 heterocycles. The quantitative estimate of drug-likeness (QED) is 0.406. The van der Waals surface area contributed by atoms with Crippen molar-refractivity contribution in [2.24, 2.45) is 0 Å². The molecule has 0 fully saturated rings. The second-order valence-electron chi connectivity index (χ2n) is 7.42. The summed E-state index contributed by atoms with van der Waals surface area (Å²) in [6.07, 6.45) is 3.01. The summed E-state index contributed by atoms with van der Waals surface area (Å²) in [5, 5.41) is 0.412. The average molecular weight is 470 g/mol. The second-order valence-corrected chi connectivity index (χ2v) is 9.48. The van der Waals surface area contributed by atoms with Gasteiger partial charge >= 0.3 is 0 Å². The molecule has 3 N–H and O–H groups in total. The summed E-state index contributed by atoms with van der Waals surface area (Å²) in [6.45, 7) is 3.91. The molecule has 0 aliphatic carbocycles. The number of benzene rings is 2. The Morgan fingerprint density at radius 3 is 2.47 bits per heavy atom. The molecule has 2 aromatic heterocycles. The Kier molecular flexibility index (Phi) is 5.62. The van der Waals surface area contributed by atoms with Crippen LogP contribution in [0.1, 0.15) is 35.8 Å². The molecule has 164 valence electrons. The lowest BCUT2D eigenvalue weighted by Crippen LogP contribution is -2.14. The molecule has 0 saturated heterocycles. The third kappa shape index (κ3) is 3.80. The second kappa shape index (κ2) is 8.25. The van der Waals surface area contributed by atoms with Crippen LogP contribution in [0.2, 0.25) is 5.02 Å². The van der Waals surface area contributed by atoms with E-state index in [1.165, 1.54) is 30.6 Å². The minimum absolute atomic E-state index is 0.0159. The fourth-order valence-corrected chi connectivity index (χ4v) is 4.82. The Balaban J connectivity index is 1.79. The molecular formula is C22H20ClN5O3S. The normalized spacial score (nSPS) is 11.8. The van der Waals surface area contributed by atoms with Crippen LogP contribution in [0.15, 0.2) is 66.0 Å². The lowest BCUT2D eigenvalue weighted by molar-refractivity contribution is 0.104. The zero-order chi connectivity index (χ0) is 23.0. The Morgan fingerprint density at radius 1 is 1.06 bits per heavy atom. The summed E-state index contributed by atoms with van der Waals surface area (Å²) in [7, 11) is -3.88. The van der Waals surface area contributed by atoms with E-state index in [0.717, 1.165) is 0 Å². The number of fused-ring (bicyclic) bond motifs is 1. The van der Waals surface area contributed by atoms with Crippen molar-refractivity contribution in [3.8, 4) is 0 Å². The van der Waals surface area contributed by atoms with E-state index < -0.39 is 15.8 Å². The first-order valence-corrected chi connectivity index (χ1v) is 11.6. The number of nitrogen functional groups attached to an aromatic ring is 1. The maximum absolute atomic E-state index is 13.5. The third-order valence-electron chi connectivity index (χ3n) is 4.98. The molecule has 0 aliphatic rings. The maximum atomic E-state index is 13.5. The third-order valence-corrected chi connectivity index (χ3v) is 6.77. The van der Waals surface area contributed by atoms with Crippen molar-refractivity contribution in [2.45, 2.75) is 24.8 Å². The van der Waals surface area contributed by atoms with Gasteiger partial charge in [0.1, 0.15) is 17.8 Å². The molecular weight excluding hydrogens is 450 g/mol. The zero-order valence-electron chi connectivity index (χ0n) is 17.3. The highest BCUT2D eigenvalue weighted by Gasteiger charge is 2.24.